The molecule has 0 bridgehead atoms. The molecule has 0 radical (unpaired) electrons. The summed E-state index contributed by atoms with van der Waals surface area (Å²) in [7, 11) is 0. The molecule has 2 aromatic carbocycles. The van der Waals surface area contributed by atoms with Crippen molar-refractivity contribution in [3.63, 3.8) is 0 Å². The molecule has 0 aromatic heterocycles. The van der Waals surface area contributed by atoms with Gasteiger partial charge in [-0.3, -0.25) is 0 Å². The Kier molecular flexibility index (Phi) is 4.50. The second-order valence-electron chi connectivity index (χ2n) is 3.96. The highest BCUT2D eigenvalue weighted by Gasteiger charge is 2.10. The molecule has 5 heteroatoms. The molecule has 0 unspecified atom stereocenters. The molecule has 0 saturated heterocycles. The van der Waals surface area contributed by atoms with Crippen molar-refractivity contribution in [2.75, 3.05) is 0 Å². The van der Waals surface area contributed by atoms with Gasteiger partial charge in [0.05, 0.1) is 10.0 Å². The van der Waals surface area contributed by atoms with Crippen LogP contribution in [0.1, 0.15) is 11.1 Å². The van der Waals surface area contributed by atoms with Gasteiger partial charge in [0.15, 0.2) is 0 Å². The summed E-state index contributed by atoms with van der Waals surface area (Å²) in [5.74, 6) is -0.718. The molecule has 0 heterocycles. The van der Waals surface area contributed by atoms with E-state index in [9.17, 15) is 8.78 Å². The molecule has 19 heavy (non-hydrogen) atoms. The van der Waals surface area contributed by atoms with Crippen molar-refractivity contribution in [2.45, 2.75) is 13.2 Å². The summed E-state index contributed by atoms with van der Waals surface area (Å²) in [6.07, 6.45) is 0. The highest BCUT2D eigenvalue weighted by molar-refractivity contribution is 9.10. The molecule has 0 spiro atoms. The Hall–Kier alpha value is -1.46. The summed E-state index contributed by atoms with van der Waals surface area (Å²) in [5.41, 5.74) is 6.37. The van der Waals surface area contributed by atoms with E-state index in [1.807, 2.05) is 6.07 Å². The molecule has 0 aliphatic rings. The van der Waals surface area contributed by atoms with Crippen LogP contribution < -0.4 is 10.5 Å². The van der Waals surface area contributed by atoms with Gasteiger partial charge < -0.3 is 10.5 Å². The van der Waals surface area contributed by atoms with Crippen molar-refractivity contribution >= 4 is 15.9 Å². The Morgan fingerprint density at radius 2 is 1.79 bits per heavy atom. The van der Waals surface area contributed by atoms with E-state index < -0.39 is 11.6 Å². The minimum Gasteiger partial charge on any atom is -0.488 e. The second kappa shape index (κ2) is 6.12. The van der Waals surface area contributed by atoms with E-state index in [1.54, 1.807) is 12.1 Å². The van der Waals surface area contributed by atoms with E-state index in [1.165, 1.54) is 18.2 Å². The first-order chi connectivity index (χ1) is 9.11. The van der Waals surface area contributed by atoms with Crippen LogP contribution in [0.3, 0.4) is 0 Å². The fraction of sp³-hybridized carbons (Fsp3) is 0.143. The zero-order valence-corrected chi connectivity index (χ0v) is 11.6. The lowest BCUT2D eigenvalue weighted by molar-refractivity contribution is 0.290. The van der Waals surface area contributed by atoms with Gasteiger partial charge in [-0.2, -0.15) is 0 Å². The summed E-state index contributed by atoms with van der Waals surface area (Å²) in [6.45, 7) is 0.250. The van der Waals surface area contributed by atoms with Gasteiger partial charge in [-0.25, -0.2) is 8.78 Å². The summed E-state index contributed by atoms with van der Waals surface area (Å²) >= 11 is 3.33. The van der Waals surface area contributed by atoms with Gasteiger partial charge in [0.2, 0.25) is 0 Å². The number of hydrogen-bond acceptors (Lipinski definition) is 2. The lowest BCUT2D eigenvalue weighted by atomic mass is 10.2. The summed E-state index contributed by atoms with van der Waals surface area (Å²) in [4.78, 5) is 0. The molecule has 2 N–H and O–H groups in total. The molecule has 0 aliphatic carbocycles. The van der Waals surface area contributed by atoms with E-state index in [0.29, 0.717) is 16.8 Å². The predicted octanol–water partition coefficient (Wildman–Crippen LogP) is 3.77. The predicted molar refractivity (Wildman–Crippen MR) is 72.7 cm³/mol. The molecular weight excluding hydrogens is 316 g/mol. The van der Waals surface area contributed by atoms with Crippen molar-refractivity contribution < 1.29 is 13.5 Å². The van der Waals surface area contributed by atoms with Crippen LogP contribution in [0, 0.1) is 11.6 Å². The highest BCUT2D eigenvalue weighted by atomic mass is 79.9. The highest BCUT2D eigenvalue weighted by Crippen LogP contribution is 2.27. The Morgan fingerprint density at radius 1 is 1.11 bits per heavy atom. The van der Waals surface area contributed by atoms with Crippen molar-refractivity contribution in [2.24, 2.45) is 5.73 Å². The fourth-order valence-corrected chi connectivity index (χ4v) is 2.15. The number of ether oxygens (including phenoxy) is 1. The van der Waals surface area contributed by atoms with Crippen molar-refractivity contribution in [1.82, 2.24) is 0 Å². The quantitative estimate of drug-likeness (QED) is 0.927. The molecule has 100 valence electrons. The normalized spacial score (nSPS) is 10.5. The van der Waals surface area contributed by atoms with Crippen LogP contribution in [0.25, 0.3) is 0 Å². The summed E-state index contributed by atoms with van der Waals surface area (Å²) in [6, 6.07) is 9.05. The maximum Gasteiger partial charge on any atom is 0.134 e. The first-order valence-corrected chi connectivity index (χ1v) is 6.45. The minimum atomic E-state index is -0.616. The molecule has 2 aromatic rings. The zero-order valence-electron chi connectivity index (χ0n) is 10.00. The smallest absolute Gasteiger partial charge is 0.134 e. The van der Waals surface area contributed by atoms with Crippen LogP contribution >= 0.6 is 15.9 Å². The molecule has 0 fully saturated rings. The Bertz CT molecular complexity index is 569. The molecular formula is C14H12BrF2NO. The Labute approximate surface area is 118 Å². The Balaban J connectivity index is 2.15. The Morgan fingerprint density at radius 3 is 2.37 bits per heavy atom. The molecule has 0 amide bonds. The third kappa shape index (κ3) is 3.30. The summed E-state index contributed by atoms with van der Waals surface area (Å²) < 4.78 is 33.0. The maximum absolute atomic E-state index is 13.4. The molecule has 0 atom stereocenters. The van der Waals surface area contributed by atoms with Gasteiger partial charge in [-0.05, 0) is 45.8 Å². The first-order valence-electron chi connectivity index (χ1n) is 5.66. The van der Waals surface area contributed by atoms with Gasteiger partial charge >= 0.3 is 0 Å². The van der Waals surface area contributed by atoms with E-state index in [4.69, 9.17) is 10.5 Å². The van der Waals surface area contributed by atoms with Gasteiger partial charge in [0.1, 0.15) is 24.0 Å². The average Bonchev–Trinajstić information content (AvgIpc) is 2.39. The molecule has 0 aliphatic heterocycles. The van der Waals surface area contributed by atoms with Crippen LogP contribution in [0.4, 0.5) is 8.78 Å². The average molecular weight is 328 g/mol. The van der Waals surface area contributed by atoms with Gasteiger partial charge in [-0.1, -0.05) is 12.1 Å². The number of rotatable bonds is 4. The number of nitrogens with two attached hydrogens (primary N) is 1. The van der Waals surface area contributed by atoms with Gasteiger partial charge in [0.25, 0.3) is 0 Å². The van der Waals surface area contributed by atoms with Gasteiger partial charge in [-0.15, -0.1) is 0 Å². The maximum atomic E-state index is 13.4. The third-order valence-electron chi connectivity index (χ3n) is 2.67. The SMILES string of the molecule is NCc1ccc(OCc2c(F)cccc2F)c(Br)c1. The lowest BCUT2D eigenvalue weighted by Crippen LogP contribution is -2.03. The molecule has 0 saturated carbocycles. The fourth-order valence-electron chi connectivity index (χ4n) is 1.61. The van der Waals surface area contributed by atoms with E-state index in [-0.39, 0.29) is 12.2 Å². The number of benzene rings is 2. The van der Waals surface area contributed by atoms with Crippen LogP contribution in [-0.2, 0) is 13.2 Å². The van der Waals surface area contributed by atoms with Crippen molar-refractivity contribution in [1.29, 1.82) is 0 Å². The van der Waals surface area contributed by atoms with Crippen LogP contribution in [-0.4, -0.2) is 0 Å². The molecule has 2 nitrogen and oxygen atoms in total. The number of halogens is 3. The standard InChI is InChI=1S/C14H12BrF2NO/c15-11-6-9(7-18)4-5-14(11)19-8-10-12(16)2-1-3-13(10)17/h1-6H,7-8,18H2. The summed E-state index contributed by atoms with van der Waals surface area (Å²) in [5, 5.41) is 0. The van der Waals surface area contributed by atoms with Crippen LogP contribution in [0.2, 0.25) is 0 Å². The van der Waals surface area contributed by atoms with E-state index in [0.717, 1.165) is 5.56 Å². The largest absolute Gasteiger partial charge is 0.488 e. The number of hydrogen-bond donors (Lipinski definition) is 1. The van der Waals surface area contributed by atoms with Crippen molar-refractivity contribution in [3.05, 3.63) is 63.6 Å². The lowest BCUT2D eigenvalue weighted by Gasteiger charge is -2.10. The first kappa shape index (κ1) is 14.0. The second-order valence-corrected chi connectivity index (χ2v) is 4.81. The van der Waals surface area contributed by atoms with E-state index in [2.05, 4.69) is 15.9 Å². The molecule has 2 rings (SSSR count). The van der Waals surface area contributed by atoms with E-state index >= 15 is 0 Å². The van der Waals surface area contributed by atoms with Crippen LogP contribution in [0.15, 0.2) is 40.9 Å². The zero-order chi connectivity index (χ0) is 13.8. The monoisotopic (exact) mass is 327 g/mol. The van der Waals surface area contributed by atoms with Crippen molar-refractivity contribution in [3.8, 4) is 5.75 Å². The minimum absolute atomic E-state index is 0.0858. The van der Waals surface area contributed by atoms with Crippen LogP contribution in [0.5, 0.6) is 5.75 Å². The third-order valence-corrected chi connectivity index (χ3v) is 3.29. The van der Waals surface area contributed by atoms with Gasteiger partial charge in [0, 0.05) is 6.54 Å². The topological polar surface area (TPSA) is 35.2 Å².